The van der Waals surface area contributed by atoms with Crippen molar-refractivity contribution >= 4 is 10.0 Å². The SMILES string of the molecule is CCCCS(=O)(=O)NCC(OC)c1ccccc1OC. The Morgan fingerprint density at radius 2 is 1.95 bits per heavy atom. The number of para-hydroxylation sites is 1. The van der Waals surface area contributed by atoms with E-state index in [4.69, 9.17) is 9.47 Å². The smallest absolute Gasteiger partial charge is 0.211 e. The molecular formula is C14H23NO4S. The fraction of sp³-hybridized carbons (Fsp3) is 0.571. The number of methoxy groups -OCH3 is 2. The zero-order valence-electron chi connectivity index (χ0n) is 12.3. The third kappa shape index (κ3) is 5.11. The van der Waals surface area contributed by atoms with E-state index in [1.807, 2.05) is 31.2 Å². The summed E-state index contributed by atoms with van der Waals surface area (Å²) in [5, 5.41) is 0. The maximum atomic E-state index is 11.8. The number of unbranched alkanes of at least 4 members (excludes halogenated alkanes) is 1. The molecule has 0 aliphatic heterocycles. The molecule has 0 aliphatic rings. The molecule has 0 saturated carbocycles. The molecule has 0 radical (unpaired) electrons. The van der Waals surface area contributed by atoms with Gasteiger partial charge in [0.25, 0.3) is 0 Å². The summed E-state index contributed by atoms with van der Waals surface area (Å²) in [6, 6.07) is 7.43. The predicted molar refractivity (Wildman–Crippen MR) is 79.4 cm³/mol. The molecule has 0 fully saturated rings. The normalized spacial score (nSPS) is 13.2. The van der Waals surface area contributed by atoms with E-state index in [1.54, 1.807) is 14.2 Å². The highest BCUT2D eigenvalue weighted by molar-refractivity contribution is 7.89. The Bertz CT molecular complexity index is 502. The molecule has 0 aliphatic carbocycles. The molecule has 1 aromatic rings. The summed E-state index contributed by atoms with van der Waals surface area (Å²) in [5.41, 5.74) is 0.829. The van der Waals surface area contributed by atoms with Crippen molar-refractivity contribution in [1.29, 1.82) is 0 Å². The van der Waals surface area contributed by atoms with Crippen LogP contribution >= 0.6 is 0 Å². The van der Waals surface area contributed by atoms with Gasteiger partial charge in [-0.05, 0) is 12.5 Å². The van der Waals surface area contributed by atoms with Crippen molar-refractivity contribution in [3.63, 3.8) is 0 Å². The van der Waals surface area contributed by atoms with Gasteiger partial charge in [0.15, 0.2) is 0 Å². The molecule has 1 aromatic carbocycles. The van der Waals surface area contributed by atoms with Gasteiger partial charge in [-0.2, -0.15) is 0 Å². The second kappa shape index (κ2) is 8.24. The highest BCUT2D eigenvalue weighted by atomic mass is 32.2. The van der Waals surface area contributed by atoms with Crippen LogP contribution in [0.4, 0.5) is 0 Å². The average molecular weight is 301 g/mol. The number of hydrogen-bond donors (Lipinski definition) is 1. The lowest BCUT2D eigenvalue weighted by Crippen LogP contribution is -2.31. The number of benzene rings is 1. The summed E-state index contributed by atoms with van der Waals surface area (Å²) in [6.07, 6.45) is 1.13. The first-order chi connectivity index (χ1) is 9.54. The van der Waals surface area contributed by atoms with Crippen LogP contribution in [-0.2, 0) is 14.8 Å². The molecule has 0 bridgehead atoms. The zero-order chi connectivity index (χ0) is 15.0. The molecular weight excluding hydrogens is 278 g/mol. The molecule has 0 aromatic heterocycles. The van der Waals surface area contributed by atoms with Crippen LogP contribution in [0.1, 0.15) is 31.4 Å². The van der Waals surface area contributed by atoms with Gasteiger partial charge in [-0.25, -0.2) is 13.1 Å². The highest BCUT2D eigenvalue weighted by Crippen LogP contribution is 2.26. The maximum absolute atomic E-state index is 11.8. The van der Waals surface area contributed by atoms with Crippen molar-refractivity contribution < 1.29 is 17.9 Å². The van der Waals surface area contributed by atoms with Crippen molar-refractivity contribution in [2.75, 3.05) is 26.5 Å². The van der Waals surface area contributed by atoms with Gasteiger partial charge in [0.2, 0.25) is 10.0 Å². The molecule has 0 saturated heterocycles. The van der Waals surface area contributed by atoms with Gasteiger partial charge in [0.1, 0.15) is 5.75 Å². The first-order valence-corrected chi connectivity index (χ1v) is 8.32. The lowest BCUT2D eigenvalue weighted by Gasteiger charge is -2.19. The Morgan fingerprint density at radius 1 is 1.25 bits per heavy atom. The molecule has 1 unspecified atom stereocenters. The van der Waals surface area contributed by atoms with E-state index in [9.17, 15) is 8.42 Å². The summed E-state index contributed by atoms with van der Waals surface area (Å²) in [7, 11) is -0.114. The Kier molecular flexibility index (Phi) is 6.98. The molecule has 1 N–H and O–H groups in total. The summed E-state index contributed by atoms with van der Waals surface area (Å²) >= 11 is 0. The molecule has 20 heavy (non-hydrogen) atoms. The van der Waals surface area contributed by atoms with Crippen LogP contribution in [0.3, 0.4) is 0 Å². The van der Waals surface area contributed by atoms with Crippen molar-refractivity contribution in [2.45, 2.75) is 25.9 Å². The summed E-state index contributed by atoms with van der Waals surface area (Å²) < 4.78 is 36.8. The molecule has 0 amide bonds. The van der Waals surface area contributed by atoms with Crippen molar-refractivity contribution in [3.05, 3.63) is 29.8 Å². The van der Waals surface area contributed by atoms with E-state index in [-0.39, 0.29) is 18.4 Å². The van der Waals surface area contributed by atoms with Crippen molar-refractivity contribution in [3.8, 4) is 5.75 Å². The third-order valence-electron chi connectivity index (χ3n) is 3.03. The van der Waals surface area contributed by atoms with E-state index in [0.29, 0.717) is 12.2 Å². The monoisotopic (exact) mass is 301 g/mol. The number of nitrogens with one attached hydrogen (secondary N) is 1. The number of ether oxygens (including phenoxy) is 2. The Morgan fingerprint density at radius 3 is 2.55 bits per heavy atom. The van der Waals surface area contributed by atoms with Crippen LogP contribution < -0.4 is 9.46 Å². The van der Waals surface area contributed by atoms with E-state index in [2.05, 4.69) is 4.72 Å². The standard InChI is InChI=1S/C14H23NO4S/c1-4-5-10-20(16,17)15-11-14(19-3)12-8-6-7-9-13(12)18-2/h6-9,14-15H,4-5,10-11H2,1-3H3. The second-order valence-electron chi connectivity index (χ2n) is 4.49. The fourth-order valence-electron chi connectivity index (χ4n) is 1.86. The predicted octanol–water partition coefficient (Wildman–Crippen LogP) is 2.10. The molecule has 0 spiro atoms. The minimum absolute atomic E-state index is 0.145. The largest absolute Gasteiger partial charge is 0.496 e. The first-order valence-electron chi connectivity index (χ1n) is 6.67. The summed E-state index contributed by atoms with van der Waals surface area (Å²) in [5.74, 6) is 0.832. The van der Waals surface area contributed by atoms with Gasteiger partial charge < -0.3 is 9.47 Å². The minimum atomic E-state index is -3.25. The highest BCUT2D eigenvalue weighted by Gasteiger charge is 2.18. The van der Waals surface area contributed by atoms with Crippen molar-refractivity contribution in [2.24, 2.45) is 0 Å². The Labute approximate surface area is 121 Å². The molecule has 5 nitrogen and oxygen atoms in total. The van der Waals surface area contributed by atoms with Gasteiger partial charge in [-0.15, -0.1) is 0 Å². The Hall–Kier alpha value is -1.11. The van der Waals surface area contributed by atoms with Crippen LogP contribution in [0.15, 0.2) is 24.3 Å². The van der Waals surface area contributed by atoms with Gasteiger partial charge in [0.05, 0.1) is 19.0 Å². The van der Waals surface area contributed by atoms with E-state index < -0.39 is 10.0 Å². The van der Waals surface area contributed by atoms with Crippen LogP contribution in [0, 0.1) is 0 Å². The van der Waals surface area contributed by atoms with Crippen LogP contribution in [0.5, 0.6) is 5.75 Å². The number of rotatable bonds is 9. The topological polar surface area (TPSA) is 64.6 Å². The zero-order valence-corrected chi connectivity index (χ0v) is 13.1. The van der Waals surface area contributed by atoms with Gasteiger partial charge in [-0.3, -0.25) is 0 Å². The molecule has 1 rings (SSSR count). The molecule has 1 atom stereocenters. The van der Waals surface area contributed by atoms with Gasteiger partial charge in [0, 0.05) is 19.2 Å². The van der Waals surface area contributed by atoms with Gasteiger partial charge >= 0.3 is 0 Å². The van der Waals surface area contributed by atoms with Crippen molar-refractivity contribution in [1.82, 2.24) is 4.72 Å². The minimum Gasteiger partial charge on any atom is -0.496 e. The quantitative estimate of drug-likeness (QED) is 0.758. The second-order valence-corrected chi connectivity index (χ2v) is 6.41. The molecule has 0 heterocycles. The Balaban J connectivity index is 2.73. The first kappa shape index (κ1) is 16.9. The van der Waals surface area contributed by atoms with E-state index in [1.165, 1.54) is 0 Å². The summed E-state index contributed by atoms with van der Waals surface area (Å²) in [6.45, 7) is 2.16. The van der Waals surface area contributed by atoms with E-state index >= 15 is 0 Å². The van der Waals surface area contributed by atoms with Crippen LogP contribution in [0.25, 0.3) is 0 Å². The molecule has 114 valence electrons. The average Bonchev–Trinajstić information content (AvgIpc) is 2.46. The number of sulfonamides is 1. The van der Waals surface area contributed by atoms with Crippen LogP contribution in [0.2, 0.25) is 0 Å². The van der Waals surface area contributed by atoms with E-state index in [0.717, 1.165) is 12.0 Å². The lowest BCUT2D eigenvalue weighted by atomic mass is 10.1. The lowest BCUT2D eigenvalue weighted by molar-refractivity contribution is 0.105. The van der Waals surface area contributed by atoms with Crippen LogP contribution in [-0.4, -0.2) is 34.9 Å². The third-order valence-corrected chi connectivity index (χ3v) is 4.46. The summed E-state index contributed by atoms with van der Waals surface area (Å²) in [4.78, 5) is 0. The number of hydrogen-bond acceptors (Lipinski definition) is 4. The molecule has 6 heteroatoms. The maximum Gasteiger partial charge on any atom is 0.211 e. The van der Waals surface area contributed by atoms with Gasteiger partial charge in [-0.1, -0.05) is 31.5 Å². The fourth-order valence-corrected chi connectivity index (χ4v) is 3.08.